The summed E-state index contributed by atoms with van der Waals surface area (Å²) >= 11 is 0. The summed E-state index contributed by atoms with van der Waals surface area (Å²) in [6, 6.07) is 3.30. The third kappa shape index (κ3) is 2.24. The Balaban J connectivity index is 1.94. The summed E-state index contributed by atoms with van der Waals surface area (Å²) in [4.78, 5) is 17.4. The normalized spacial score (nSPS) is 19.8. The van der Waals surface area contributed by atoms with Crippen molar-refractivity contribution in [2.75, 3.05) is 24.6 Å². The molecule has 0 radical (unpaired) electrons. The zero-order chi connectivity index (χ0) is 13.4. The third-order valence-electron chi connectivity index (χ3n) is 3.09. The summed E-state index contributed by atoms with van der Waals surface area (Å²) in [5.41, 5.74) is 0.536. The van der Waals surface area contributed by atoms with E-state index < -0.39 is 5.97 Å². The van der Waals surface area contributed by atoms with Crippen LogP contribution in [0.4, 0.5) is 5.82 Å². The molecule has 100 valence electrons. The van der Waals surface area contributed by atoms with Gasteiger partial charge >= 0.3 is 5.97 Å². The van der Waals surface area contributed by atoms with Crippen LogP contribution in [0.2, 0.25) is 0 Å². The Labute approximate surface area is 109 Å². The number of anilines is 1. The van der Waals surface area contributed by atoms with Crippen molar-refractivity contribution in [3.63, 3.8) is 0 Å². The van der Waals surface area contributed by atoms with Gasteiger partial charge in [0.25, 0.3) is 0 Å². The van der Waals surface area contributed by atoms with Crippen LogP contribution < -0.4 is 4.90 Å². The molecule has 1 aliphatic heterocycles. The van der Waals surface area contributed by atoms with E-state index in [1.807, 2.05) is 13.0 Å². The van der Waals surface area contributed by atoms with E-state index in [1.54, 1.807) is 6.20 Å². The van der Waals surface area contributed by atoms with E-state index in [2.05, 4.69) is 15.0 Å². The van der Waals surface area contributed by atoms with E-state index in [0.29, 0.717) is 12.3 Å². The van der Waals surface area contributed by atoms with Crippen LogP contribution in [0.25, 0.3) is 5.65 Å². The maximum Gasteiger partial charge on any atom is 0.356 e. The molecule has 2 aromatic heterocycles. The van der Waals surface area contributed by atoms with Crippen molar-refractivity contribution < 1.29 is 14.6 Å². The first kappa shape index (κ1) is 11.9. The van der Waals surface area contributed by atoms with Crippen molar-refractivity contribution in [2.24, 2.45) is 0 Å². The van der Waals surface area contributed by atoms with Crippen molar-refractivity contribution in [1.82, 2.24) is 14.6 Å². The first-order valence-electron chi connectivity index (χ1n) is 6.10. The van der Waals surface area contributed by atoms with E-state index >= 15 is 0 Å². The maximum atomic E-state index is 10.9. The van der Waals surface area contributed by atoms with Crippen LogP contribution in [-0.2, 0) is 4.74 Å². The minimum absolute atomic E-state index is 0.00000412. The second kappa shape index (κ2) is 4.51. The van der Waals surface area contributed by atoms with Gasteiger partial charge in [0.1, 0.15) is 5.82 Å². The van der Waals surface area contributed by atoms with Crippen molar-refractivity contribution in [2.45, 2.75) is 13.0 Å². The summed E-state index contributed by atoms with van der Waals surface area (Å²) in [7, 11) is 0. The van der Waals surface area contributed by atoms with Gasteiger partial charge in [-0.3, -0.25) is 0 Å². The molecule has 1 N–H and O–H groups in total. The summed E-state index contributed by atoms with van der Waals surface area (Å²) in [6.45, 7) is 4.26. The van der Waals surface area contributed by atoms with E-state index in [0.717, 1.165) is 18.9 Å². The highest BCUT2D eigenvalue weighted by Gasteiger charge is 2.18. The molecule has 1 atom stereocenters. The van der Waals surface area contributed by atoms with E-state index in [4.69, 9.17) is 9.84 Å². The van der Waals surface area contributed by atoms with Crippen LogP contribution in [0.15, 0.2) is 18.3 Å². The lowest BCUT2D eigenvalue weighted by atomic mass is 10.3. The number of carboxylic acid groups (broad SMARTS) is 1. The van der Waals surface area contributed by atoms with Crippen LogP contribution in [0.3, 0.4) is 0 Å². The van der Waals surface area contributed by atoms with Gasteiger partial charge in [-0.2, -0.15) is 5.10 Å². The summed E-state index contributed by atoms with van der Waals surface area (Å²) < 4.78 is 6.96. The monoisotopic (exact) mass is 262 g/mol. The van der Waals surface area contributed by atoms with Crippen LogP contribution >= 0.6 is 0 Å². The summed E-state index contributed by atoms with van der Waals surface area (Å²) in [5, 5.41) is 12.8. The minimum Gasteiger partial charge on any atom is -0.476 e. The predicted molar refractivity (Wildman–Crippen MR) is 67.6 cm³/mol. The number of aromatic carboxylic acids is 1. The molecule has 1 fully saturated rings. The molecule has 0 bridgehead atoms. The second-order valence-electron chi connectivity index (χ2n) is 4.55. The number of fused-ring (bicyclic) bond motifs is 1. The highest BCUT2D eigenvalue weighted by molar-refractivity contribution is 5.86. The Morgan fingerprint density at radius 3 is 3.16 bits per heavy atom. The SMILES string of the molecule is C[C@@H]1CN(c2ccn3nc(C(=O)O)cc3n2)CCO1. The van der Waals surface area contributed by atoms with Gasteiger partial charge in [0.15, 0.2) is 11.3 Å². The van der Waals surface area contributed by atoms with Crippen LogP contribution in [0, 0.1) is 0 Å². The number of morpholine rings is 1. The number of hydrogen-bond donors (Lipinski definition) is 1. The number of hydrogen-bond acceptors (Lipinski definition) is 5. The Morgan fingerprint density at radius 2 is 2.42 bits per heavy atom. The van der Waals surface area contributed by atoms with Gasteiger partial charge < -0.3 is 14.7 Å². The standard InChI is InChI=1S/C12H14N4O3/c1-8-7-15(4-5-19-8)10-2-3-16-11(13-10)6-9(14-16)12(17)18/h2-3,6,8H,4-5,7H2,1H3,(H,17,18)/t8-/m1/s1. The number of aromatic nitrogens is 3. The molecule has 1 aliphatic rings. The molecule has 0 aliphatic carbocycles. The highest BCUT2D eigenvalue weighted by atomic mass is 16.5. The molecule has 3 rings (SSSR count). The van der Waals surface area contributed by atoms with Gasteiger partial charge in [-0.25, -0.2) is 14.3 Å². The molecule has 0 saturated carbocycles. The first-order chi connectivity index (χ1) is 9.13. The van der Waals surface area contributed by atoms with Crippen molar-refractivity contribution >= 4 is 17.4 Å². The third-order valence-corrected chi connectivity index (χ3v) is 3.09. The van der Waals surface area contributed by atoms with E-state index in [-0.39, 0.29) is 11.8 Å². The van der Waals surface area contributed by atoms with E-state index in [9.17, 15) is 4.79 Å². The van der Waals surface area contributed by atoms with Crippen LogP contribution in [-0.4, -0.2) is 51.5 Å². The van der Waals surface area contributed by atoms with Gasteiger partial charge in [-0.05, 0) is 13.0 Å². The number of carboxylic acids is 1. The molecule has 3 heterocycles. The van der Waals surface area contributed by atoms with Crippen LogP contribution in [0.1, 0.15) is 17.4 Å². The number of ether oxygens (including phenoxy) is 1. The topological polar surface area (TPSA) is 80.0 Å². The lowest BCUT2D eigenvalue weighted by Gasteiger charge is -2.31. The Kier molecular flexibility index (Phi) is 2.83. The molecular formula is C12H14N4O3. The zero-order valence-corrected chi connectivity index (χ0v) is 10.5. The smallest absolute Gasteiger partial charge is 0.356 e. The summed E-state index contributed by atoms with van der Waals surface area (Å²) in [6.07, 6.45) is 1.90. The number of carbonyl (C=O) groups is 1. The fourth-order valence-corrected chi connectivity index (χ4v) is 2.18. The Hall–Kier alpha value is -2.15. The van der Waals surface area contributed by atoms with Crippen molar-refractivity contribution in [3.8, 4) is 0 Å². The Morgan fingerprint density at radius 1 is 1.58 bits per heavy atom. The van der Waals surface area contributed by atoms with Gasteiger partial charge in [0.2, 0.25) is 0 Å². The van der Waals surface area contributed by atoms with Crippen LogP contribution in [0.5, 0.6) is 0 Å². The largest absolute Gasteiger partial charge is 0.476 e. The molecule has 0 unspecified atom stereocenters. The lowest BCUT2D eigenvalue weighted by molar-refractivity contribution is 0.0529. The average Bonchev–Trinajstić information content (AvgIpc) is 2.81. The van der Waals surface area contributed by atoms with Gasteiger partial charge in [0.05, 0.1) is 12.7 Å². The van der Waals surface area contributed by atoms with Crippen molar-refractivity contribution in [3.05, 3.63) is 24.0 Å². The molecule has 1 saturated heterocycles. The molecular weight excluding hydrogens is 248 g/mol. The van der Waals surface area contributed by atoms with Crippen molar-refractivity contribution in [1.29, 1.82) is 0 Å². The highest BCUT2D eigenvalue weighted by Crippen LogP contribution is 2.16. The Bertz CT molecular complexity index is 624. The molecule has 0 aromatic carbocycles. The molecule has 2 aromatic rings. The molecule has 0 amide bonds. The second-order valence-corrected chi connectivity index (χ2v) is 4.55. The van der Waals surface area contributed by atoms with Gasteiger partial charge in [-0.15, -0.1) is 0 Å². The van der Waals surface area contributed by atoms with Gasteiger partial charge in [-0.1, -0.05) is 0 Å². The maximum absolute atomic E-state index is 10.9. The quantitative estimate of drug-likeness (QED) is 0.856. The first-order valence-corrected chi connectivity index (χ1v) is 6.10. The molecule has 7 nitrogen and oxygen atoms in total. The van der Waals surface area contributed by atoms with E-state index in [1.165, 1.54) is 10.6 Å². The lowest BCUT2D eigenvalue weighted by Crippen LogP contribution is -2.41. The number of rotatable bonds is 2. The summed E-state index contributed by atoms with van der Waals surface area (Å²) in [5.74, 6) is -0.230. The molecule has 0 spiro atoms. The minimum atomic E-state index is -1.05. The van der Waals surface area contributed by atoms with Gasteiger partial charge in [0, 0.05) is 25.4 Å². The molecule has 19 heavy (non-hydrogen) atoms. The fraction of sp³-hybridized carbons (Fsp3) is 0.417. The number of nitrogens with zero attached hydrogens (tertiary/aromatic N) is 4. The average molecular weight is 262 g/mol. The molecule has 7 heteroatoms. The fourth-order valence-electron chi connectivity index (χ4n) is 2.18. The predicted octanol–water partition coefficient (Wildman–Crippen LogP) is 0.653. The zero-order valence-electron chi connectivity index (χ0n) is 10.5.